The van der Waals surface area contributed by atoms with Crippen LogP contribution < -0.4 is 0 Å². The lowest BCUT2D eigenvalue weighted by molar-refractivity contribution is -0.266. The summed E-state index contributed by atoms with van der Waals surface area (Å²) in [6.45, 7) is 4.69. The molecule has 0 aromatic heterocycles. The Morgan fingerprint density at radius 2 is 1.90 bits per heavy atom. The summed E-state index contributed by atoms with van der Waals surface area (Å²) in [5.41, 5.74) is 0. The maximum absolute atomic E-state index is 10.3. The second-order valence-electron chi connectivity index (χ2n) is 3.05. The van der Waals surface area contributed by atoms with E-state index in [1.807, 2.05) is 13.8 Å². The first-order valence-corrected chi connectivity index (χ1v) is 3.50. The number of rotatable bonds is 1. The van der Waals surface area contributed by atoms with Crippen LogP contribution in [0.1, 0.15) is 13.8 Å². The number of hydrogen-bond acceptors (Lipinski definition) is 2. The van der Waals surface area contributed by atoms with E-state index in [9.17, 15) is 5.11 Å². The van der Waals surface area contributed by atoms with Crippen molar-refractivity contribution in [1.29, 1.82) is 0 Å². The maximum atomic E-state index is 10.3. The van der Waals surface area contributed by atoms with Crippen LogP contribution in [-0.2, 0) is 14.6 Å². The van der Waals surface area contributed by atoms with Crippen LogP contribution in [0.3, 0.4) is 0 Å². The summed E-state index contributed by atoms with van der Waals surface area (Å²) >= 11 is 0. The van der Waals surface area contributed by atoms with Gasteiger partial charge in [-0.25, -0.2) is 5.11 Å². The maximum Gasteiger partial charge on any atom is 0.162 e. The van der Waals surface area contributed by atoms with Crippen molar-refractivity contribution < 1.29 is 14.6 Å². The molecule has 0 aromatic rings. The fraction of sp³-hybridized carbons (Fsp3) is 1.00. The van der Waals surface area contributed by atoms with Gasteiger partial charge in [0.05, 0.1) is 19.8 Å². The average molecular weight is 145 g/mol. The molecule has 3 heteroatoms. The van der Waals surface area contributed by atoms with Crippen LogP contribution in [-0.4, -0.2) is 25.6 Å². The van der Waals surface area contributed by atoms with Gasteiger partial charge in [0.15, 0.2) is 5.79 Å². The molecule has 1 aliphatic heterocycles. The van der Waals surface area contributed by atoms with Gasteiger partial charge in [-0.05, 0) is 13.8 Å². The highest BCUT2D eigenvalue weighted by atomic mass is 16.7. The summed E-state index contributed by atoms with van der Waals surface area (Å²) in [5.74, 6) is -0.431. The van der Waals surface area contributed by atoms with Crippen molar-refractivity contribution in [2.75, 3.05) is 19.8 Å². The second-order valence-corrected chi connectivity index (χ2v) is 3.05. The molecule has 10 heavy (non-hydrogen) atoms. The first-order chi connectivity index (χ1) is 4.64. The first kappa shape index (κ1) is 7.98. The lowest BCUT2D eigenvalue weighted by atomic mass is 10.1. The Morgan fingerprint density at radius 1 is 1.40 bits per heavy atom. The summed E-state index contributed by atoms with van der Waals surface area (Å²) in [4.78, 5) is 0. The minimum atomic E-state index is -0.480. The molecule has 1 rings (SSSR count). The molecule has 3 nitrogen and oxygen atoms in total. The highest BCUT2D eigenvalue weighted by Crippen LogP contribution is 2.19. The highest BCUT2D eigenvalue weighted by Gasteiger charge is 2.27. The quantitative estimate of drug-likeness (QED) is 0.547. The Balaban J connectivity index is 2.31. The largest absolute Gasteiger partial charge is 0.350 e. The topological polar surface area (TPSA) is 38.4 Å². The molecule has 0 N–H and O–H groups in total. The van der Waals surface area contributed by atoms with E-state index in [2.05, 4.69) is 0 Å². The van der Waals surface area contributed by atoms with E-state index in [1.54, 1.807) is 0 Å². The van der Waals surface area contributed by atoms with Crippen molar-refractivity contribution in [1.82, 2.24) is 0 Å². The Kier molecular flexibility index (Phi) is 2.28. The average Bonchev–Trinajstić information content (AvgIpc) is 1.88. The molecule has 0 saturated carbocycles. The molecule has 0 unspecified atom stereocenters. The molecule has 1 radical (unpaired) electrons. The van der Waals surface area contributed by atoms with Crippen LogP contribution in [0.5, 0.6) is 0 Å². The summed E-state index contributed by atoms with van der Waals surface area (Å²) in [7, 11) is 0. The van der Waals surface area contributed by atoms with Crippen LogP contribution >= 0.6 is 0 Å². The van der Waals surface area contributed by atoms with Crippen molar-refractivity contribution >= 4 is 0 Å². The molecule has 0 atom stereocenters. The minimum Gasteiger partial charge on any atom is -0.350 e. The zero-order chi connectivity index (χ0) is 7.61. The normalized spacial score (nSPS) is 26.7. The van der Waals surface area contributed by atoms with Gasteiger partial charge >= 0.3 is 0 Å². The zero-order valence-corrected chi connectivity index (χ0v) is 6.42. The molecule has 59 valence electrons. The monoisotopic (exact) mass is 145 g/mol. The molecule has 1 saturated heterocycles. The van der Waals surface area contributed by atoms with E-state index in [4.69, 9.17) is 9.47 Å². The molecule has 0 bridgehead atoms. The van der Waals surface area contributed by atoms with Gasteiger partial charge in [0.1, 0.15) is 0 Å². The third kappa shape index (κ3) is 1.94. The minimum absolute atomic E-state index is 0.0491. The fourth-order valence-corrected chi connectivity index (χ4v) is 0.823. The molecule has 1 aliphatic rings. The zero-order valence-electron chi connectivity index (χ0n) is 6.42. The van der Waals surface area contributed by atoms with Crippen molar-refractivity contribution in [2.24, 2.45) is 5.92 Å². The van der Waals surface area contributed by atoms with Gasteiger partial charge in [0, 0.05) is 5.92 Å². The smallest absolute Gasteiger partial charge is 0.162 e. The molecular weight excluding hydrogens is 132 g/mol. The van der Waals surface area contributed by atoms with Crippen molar-refractivity contribution in [3.8, 4) is 0 Å². The Bertz CT molecular complexity index is 101. The van der Waals surface area contributed by atoms with Gasteiger partial charge in [0.2, 0.25) is 0 Å². The van der Waals surface area contributed by atoms with Crippen LogP contribution in [0.2, 0.25) is 0 Å². The highest BCUT2D eigenvalue weighted by molar-refractivity contribution is 4.65. The summed E-state index contributed by atoms with van der Waals surface area (Å²) in [6, 6.07) is 0. The van der Waals surface area contributed by atoms with Crippen molar-refractivity contribution in [3.63, 3.8) is 0 Å². The van der Waals surface area contributed by atoms with E-state index in [0.717, 1.165) is 0 Å². The van der Waals surface area contributed by atoms with Gasteiger partial charge in [0.25, 0.3) is 0 Å². The summed E-state index contributed by atoms with van der Waals surface area (Å²) < 4.78 is 10.5. The van der Waals surface area contributed by atoms with Crippen LogP contribution in [0.15, 0.2) is 0 Å². The number of hydrogen-bond donors (Lipinski definition) is 0. The summed E-state index contributed by atoms with van der Waals surface area (Å²) in [6.07, 6.45) is 0. The first-order valence-electron chi connectivity index (χ1n) is 3.50. The Morgan fingerprint density at radius 3 is 2.30 bits per heavy atom. The van der Waals surface area contributed by atoms with Gasteiger partial charge in [-0.1, -0.05) is 0 Å². The van der Waals surface area contributed by atoms with Gasteiger partial charge in [-0.3, -0.25) is 0 Å². The third-order valence-corrected chi connectivity index (χ3v) is 1.57. The van der Waals surface area contributed by atoms with E-state index >= 15 is 0 Å². The van der Waals surface area contributed by atoms with Crippen LogP contribution in [0.4, 0.5) is 0 Å². The third-order valence-electron chi connectivity index (χ3n) is 1.57. The Labute approximate surface area is 60.9 Å². The van der Waals surface area contributed by atoms with Gasteiger partial charge < -0.3 is 9.47 Å². The Hall–Kier alpha value is -0.120. The summed E-state index contributed by atoms with van der Waals surface area (Å²) in [5, 5.41) is 10.3. The lowest BCUT2D eigenvalue weighted by Gasteiger charge is -2.33. The molecule has 1 heterocycles. The molecule has 0 spiro atoms. The van der Waals surface area contributed by atoms with Crippen LogP contribution in [0, 0.1) is 5.92 Å². The SMILES string of the molecule is CC1(C)OCC(C[O])CO1. The predicted octanol–water partition coefficient (Wildman–Crippen LogP) is 0.816. The van der Waals surface area contributed by atoms with Gasteiger partial charge in [-0.2, -0.15) is 0 Å². The lowest BCUT2D eigenvalue weighted by Crippen LogP contribution is -2.40. The van der Waals surface area contributed by atoms with Crippen LogP contribution in [0.25, 0.3) is 0 Å². The molecule has 0 aliphatic carbocycles. The second kappa shape index (κ2) is 2.86. The molecule has 1 fully saturated rings. The van der Waals surface area contributed by atoms with E-state index in [0.29, 0.717) is 13.2 Å². The molecular formula is C7H13O3. The standard InChI is InChI=1S/C7H13O3/c1-7(2)9-4-6(3-8)5-10-7/h6H,3-5H2,1-2H3. The van der Waals surface area contributed by atoms with E-state index in [-0.39, 0.29) is 12.5 Å². The van der Waals surface area contributed by atoms with Crippen molar-refractivity contribution in [3.05, 3.63) is 0 Å². The predicted molar refractivity (Wildman–Crippen MR) is 35.0 cm³/mol. The molecule has 0 amide bonds. The van der Waals surface area contributed by atoms with Crippen molar-refractivity contribution in [2.45, 2.75) is 19.6 Å². The van der Waals surface area contributed by atoms with E-state index in [1.165, 1.54) is 0 Å². The van der Waals surface area contributed by atoms with Gasteiger partial charge in [-0.15, -0.1) is 0 Å². The molecule has 0 aromatic carbocycles. The fourth-order valence-electron chi connectivity index (χ4n) is 0.823. The van der Waals surface area contributed by atoms with E-state index < -0.39 is 5.79 Å². The number of ether oxygens (including phenoxy) is 2.